The number of sulfonamides is 1. The van der Waals surface area contributed by atoms with Crippen LogP contribution >= 0.6 is 46.7 Å². The zero-order valence-electron chi connectivity index (χ0n) is 14.0. The van der Waals surface area contributed by atoms with Gasteiger partial charge in [-0.05, 0) is 25.3 Å². The van der Waals surface area contributed by atoms with Crippen molar-refractivity contribution in [1.29, 1.82) is 0 Å². The first-order valence-electron chi connectivity index (χ1n) is 7.48. The Balaban J connectivity index is 0.00000312. The molecule has 0 atom stereocenters. The maximum Gasteiger partial charge on any atom is 0.250 e. The number of hydrogen-bond donors (Lipinski definition) is 3. The largest absolute Gasteiger partial charge is 0.357 e. The molecule has 2 aromatic rings. The summed E-state index contributed by atoms with van der Waals surface area (Å²) in [6.07, 6.45) is 1.83. The molecule has 2 rings (SSSR count). The summed E-state index contributed by atoms with van der Waals surface area (Å²) >= 11 is 2.81. The monoisotopic (exact) mass is 515 g/mol. The summed E-state index contributed by atoms with van der Waals surface area (Å²) in [5, 5.41) is 8.92. The van der Waals surface area contributed by atoms with Crippen molar-refractivity contribution in [3.05, 3.63) is 33.6 Å². The lowest BCUT2D eigenvalue weighted by Gasteiger charge is -2.11. The molecule has 140 valence electrons. The van der Waals surface area contributed by atoms with E-state index in [4.69, 9.17) is 0 Å². The Hall–Kier alpha value is -0.760. The molecule has 3 N–H and O–H groups in total. The van der Waals surface area contributed by atoms with Crippen LogP contribution in [0.4, 0.5) is 0 Å². The van der Waals surface area contributed by atoms with Gasteiger partial charge in [-0.15, -0.1) is 46.7 Å². The van der Waals surface area contributed by atoms with Crippen molar-refractivity contribution in [2.75, 3.05) is 19.6 Å². The molecule has 0 aliphatic rings. The minimum atomic E-state index is -3.42. The number of guanidine groups is 1. The third kappa shape index (κ3) is 7.56. The Kier molecular flexibility index (Phi) is 9.86. The molecule has 0 saturated heterocycles. The van der Waals surface area contributed by atoms with E-state index in [2.05, 4.69) is 25.3 Å². The highest BCUT2D eigenvalue weighted by molar-refractivity contribution is 14.0. The molecule has 0 fully saturated rings. The van der Waals surface area contributed by atoms with Gasteiger partial charge in [0.2, 0.25) is 10.0 Å². The van der Waals surface area contributed by atoms with E-state index in [1.165, 1.54) is 11.3 Å². The topological polar surface area (TPSA) is 95.5 Å². The molecule has 7 nitrogen and oxygen atoms in total. The summed E-state index contributed by atoms with van der Waals surface area (Å²) in [5.41, 5.74) is 0. The van der Waals surface area contributed by atoms with E-state index in [1.54, 1.807) is 28.8 Å². The van der Waals surface area contributed by atoms with Gasteiger partial charge in [0.25, 0.3) is 0 Å². The van der Waals surface area contributed by atoms with Crippen LogP contribution in [-0.4, -0.2) is 39.0 Å². The lowest BCUT2D eigenvalue weighted by molar-refractivity contribution is 0.582. The Bertz CT molecular complexity index is 759. The van der Waals surface area contributed by atoms with Crippen molar-refractivity contribution in [2.45, 2.75) is 24.6 Å². The van der Waals surface area contributed by atoms with Crippen LogP contribution < -0.4 is 15.4 Å². The fourth-order valence-electron chi connectivity index (χ4n) is 1.82. The first-order chi connectivity index (χ1) is 11.5. The van der Waals surface area contributed by atoms with Crippen LogP contribution in [0.3, 0.4) is 0 Å². The van der Waals surface area contributed by atoms with E-state index in [0.717, 1.165) is 16.4 Å². The Morgan fingerprint density at radius 3 is 2.72 bits per heavy atom. The standard InChI is InChI=1S/C14H21N5O2S3.HI/c1-3-15-14(18-10-12-17-9-11(2)23-12)16-6-7-19-24(20,21)13-5-4-8-22-13;/h4-5,8-9,19H,3,6-7,10H2,1-2H3,(H2,15,16,18);1H. The molecule has 2 heterocycles. The fourth-order valence-corrected chi connectivity index (χ4v) is 4.60. The second kappa shape index (κ2) is 11.1. The van der Waals surface area contributed by atoms with E-state index in [0.29, 0.717) is 23.3 Å². The normalized spacial score (nSPS) is 11.8. The number of hydrogen-bond acceptors (Lipinski definition) is 6. The SMILES string of the molecule is CCNC(=NCc1ncc(C)s1)NCCNS(=O)(=O)c1cccs1.I. The summed E-state index contributed by atoms with van der Waals surface area (Å²) in [7, 11) is -3.42. The number of nitrogens with zero attached hydrogens (tertiary/aromatic N) is 2. The lowest BCUT2D eigenvalue weighted by atomic mass is 10.6. The van der Waals surface area contributed by atoms with Gasteiger partial charge in [-0.3, -0.25) is 0 Å². The number of aromatic nitrogens is 1. The molecule has 0 radical (unpaired) electrons. The summed E-state index contributed by atoms with van der Waals surface area (Å²) in [4.78, 5) is 9.87. The van der Waals surface area contributed by atoms with Crippen LogP contribution in [0.2, 0.25) is 0 Å². The number of thiazole rings is 1. The minimum absolute atomic E-state index is 0. The summed E-state index contributed by atoms with van der Waals surface area (Å²) in [6.45, 7) is 5.92. The van der Waals surface area contributed by atoms with Gasteiger partial charge in [0.05, 0.1) is 6.54 Å². The zero-order chi connectivity index (χ0) is 17.4. The number of rotatable bonds is 8. The molecule has 0 aliphatic carbocycles. The molecule has 0 aromatic carbocycles. The lowest BCUT2D eigenvalue weighted by Crippen LogP contribution is -2.41. The predicted octanol–water partition coefficient (Wildman–Crippen LogP) is 2.16. The van der Waals surface area contributed by atoms with Crippen LogP contribution in [0.15, 0.2) is 32.9 Å². The van der Waals surface area contributed by atoms with Gasteiger partial charge in [-0.2, -0.15) is 0 Å². The maximum absolute atomic E-state index is 12.0. The van der Waals surface area contributed by atoms with E-state index < -0.39 is 10.0 Å². The molecule has 11 heteroatoms. The fraction of sp³-hybridized carbons (Fsp3) is 0.429. The van der Waals surface area contributed by atoms with Gasteiger partial charge in [-0.1, -0.05) is 6.07 Å². The van der Waals surface area contributed by atoms with Crippen LogP contribution in [0, 0.1) is 6.92 Å². The predicted molar refractivity (Wildman–Crippen MR) is 115 cm³/mol. The van der Waals surface area contributed by atoms with Crippen molar-refractivity contribution in [1.82, 2.24) is 20.3 Å². The first-order valence-corrected chi connectivity index (χ1v) is 10.7. The Labute approximate surface area is 173 Å². The molecule has 25 heavy (non-hydrogen) atoms. The Morgan fingerprint density at radius 2 is 2.12 bits per heavy atom. The second-order valence-corrected chi connectivity index (χ2v) is 9.08. The molecule has 0 unspecified atom stereocenters. The van der Waals surface area contributed by atoms with E-state index in [9.17, 15) is 8.42 Å². The van der Waals surface area contributed by atoms with Gasteiger partial charge in [0.15, 0.2) is 5.96 Å². The molecular weight excluding hydrogens is 493 g/mol. The summed E-state index contributed by atoms with van der Waals surface area (Å²) in [5.74, 6) is 0.640. The average molecular weight is 515 g/mol. The van der Waals surface area contributed by atoms with Crippen molar-refractivity contribution in [3.8, 4) is 0 Å². The summed E-state index contributed by atoms with van der Waals surface area (Å²) < 4.78 is 26.9. The minimum Gasteiger partial charge on any atom is -0.357 e. The molecule has 0 saturated carbocycles. The van der Waals surface area contributed by atoms with Crippen molar-refractivity contribution in [2.24, 2.45) is 4.99 Å². The van der Waals surface area contributed by atoms with Crippen LogP contribution in [0.5, 0.6) is 0 Å². The van der Waals surface area contributed by atoms with Crippen LogP contribution in [-0.2, 0) is 16.6 Å². The third-order valence-corrected chi connectivity index (χ3v) is 6.61. The van der Waals surface area contributed by atoms with Gasteiger partial charge in [0, 0.05) is 30.7 Å². The smallest absolute Gasteiger partial charge is 0.250 e. The van der Waals surface area contributed by atoms with Crippen molar-refractivity contribution in [3.63, 3.8) is 0 Å². The summed E-state index contributed by atoms with van der Waals surface area (Å²) in [6, 6.07) is 3.30. The number of halogens is 1. The van der Waals surface area contributed by atoms with Crippen LogP contribution in [0.1, 0.15) is 16.8 Å². The quantitative estimate of drug-likeness (QED) is 0.217. The molecule has 0 bridgehead atoms. The van der Waals surface area contributed by atoms with Crippen molar-refractivity contribution >= 4 is 62.6 Å². The maximum atomic E-state index is 12.0. The van der Waals surface area contributed by atoms with Gasteiger partial charge in [-0.25, -0.2) is 23.1 Å². The molecule has 2 aromatic heterocycles. The van der Waals surface area contributed by atoms with Crippen molar-refractivity contribution < 1.29 is 8.42 Å². The highest BCUT2D eigenvalue weighted by atomic mass is 127. The molecule has 0 spiro atoms. The zero-order valence-corrected chi connectivity index (χ0v) is 18.8. The second-order valence-electron chi connectivity index (χ2n) is 4.82. The highest BCUT2D eigenvalue weighted by Gasteiger charge is 2.13. The number of nitrogens with one attached hydrogen (secondary N) is 3. The van der Waals surface area contributed by atoms with Gasteiger partial charge < -0.3 is 10.6 Å². The van der Waals surface area contributed by atoms with Gasteiger partial charge in [0.1, 0.15) is 9.22 Å². The van der Waals surface area contributed by atoms with Crippen LogP contribution in [0.25, 0.3) is 0 Å². The Morgan fingerprint density at radius 1 is 1.32 bits per heavy atom. The van der Waals surface area contributed by atoms with E-state index in [1.807, 2.05) is 20.0 Å². The molecule has 0 amide bonds. The molecule has 0 aliphatic heterocycles. The average Bonchev–Trinajstić information content (AvgIpc) is 3.21. The number of aliphatic imine (C=N–C) groups is 1. The highest BCUT2D eigenvalue weighted by Crippen LogP contribution is 2.14. The van der Waals surface area contributed by atoms with Gasteiger partial charge >= 0.3 is 0 Å². The first kappa shape index (κ1) is 22.3. The van der Waals surface area contributed by atoms with E-state index in [-0.39, 0.29) is 30.5 Å². The third-order valence-electron chi connectivity index (χ3n) is 2.86. The molecular formula is C14H22IN5O2S3. The number of thiophene rings is 1. The number of aryl methyl sites for hydroxylation is 1. The van der Waals surface area contributed by atoms with E-state index >= 15 is 0 Å².